The van der Waals surface area contributed by atoms with Gasteiger partial charge in [-0.05, 0) is 19.9 Å². The standard InChI is InChI=1S/C9H20N2O/c1-3-4-11-5-6-12-9(7-11)8(2)10/h8-9H,3-7,10H2,1-2H3/t8-,9?/m0/s1. The Morgan fingerprint density at radius 3 is 3.00 bits per heavy atom. The van der Waals surface area contributed by atoms with Gasteiger partial charge in [0.2, 0.25) is 0 Å². The van der Waals surface area contributed by atoms with Crippen LogP contribution in [0.15, 0.2) is 0 Å². The van der Waals surface area contributed by atoms with E-state index in [1.807, 2.05) is 6.92 Å². The molecule has 0 bridgehead atoms. The smallest absolute Gasteiger partial charge is 0.0850 e. The molecule has 72 valence electrons. The highest BCUT2D eigenvalue weighted by molar-refractivity contribution is 4.77. The molecular formula is C9H20N2O. The zero-order chi connectivity index (χ0) is 8.97. The third kappa shape index (κ3) is 2.73. The molecule has 2 atom stereocenters. The van der Waals surface area contributed by atoms with Gasteiger partial charge in [-0.15, -0.1) is 0 Å². The Kier molecular flexibility index (Phi) is 3.98. The third-order valence-corrected chi connectivity index (χ3v) is 2.30. The largest absolute Gasteiger partial charge is 0.374 e. The molecule has 0 aromatic carbocycles. The number of rotatable bonds is 3. The number of hydrogen-bond acceptors (Lipinski definition) is 3. The summed E-state index contributed by atoms with van der Waals surface area (Å²) in [5.74, 6) is 0. The number of morpholine rings is 1. The van der Waals surface area contributed by atoms with Gasteiger partial charge in [0.05, 0.1) is 12.7 Å². The van der Waals surface area contributed by atoms with E-state index in [1.54, 1.807) is 0 Å². The molecule has 1 rings (SSSR count). The summed E-state index contributed by atoms with van der Waals surface area (Å²) in [7, 11) is 0. The van der Waals surface area contributed by atoms with E-state index in [2.05, 4.69) is 11.8 Å². The zero-order valence-electron chi connectivity index (χ0n) is 8.12. The zero-order valence-corrected chi connectivity index (χ0v) is 8.12. The SMILES string of the molecule is CCCN1CCOC([C@H](C)N)C1. The Hall–Kier alpha value is -0.120. The van der Waals surface area contributed by atoms with E-state index in [9.17, 15) is 0 Å². The topological polar surface area (TPSA) is 38.5 Å². The van der Waals surface area contributed by atoms with E-state index in [1.165, 1.54) is 13.0 Å². The summed E-state index contributed by atoms with van der Waals surface area (Å²) in [5.41, 5.74) is 5.77. The van der Waals surface area contributed by atoms with Crippen LogP contribution in [-0.2, 0) is 4.74 Å². The molecule has 1 saturated heterocycles. The van der Waals surface area contributed by atoms with Gasteiger partial charge in [-0.1, -0.05) is 6.92 Å². The van der Waals surface area contributed by atoms with Gasteiger partial charge in [0, 0.05) is 19.1 Å². The third-order valence-electron chi connectivity index (χ3n) is 2.30. The van der Waals surface area contributed by atoms with Crippen LogP contribution in [0.5, 0.6) is 0 Å². The monoisotopic (exact) mass is 172 g/mol. The van der Waals surface area contributed by atoms with Gasteiger partial charge in [0.15, 0.2) is 0 Å². The Bertz CT molecular complexity index is 126. The first kappa shape index (κ1) is 9.96. The second-order valence-corrected chi connectivity index (χ2v) is 3.57. The summed E-state index contributed by atoms with van der Waals surface area (Å²) < 4.78 is 5.55. The molecule has 3 heteroatoms. The summed E-state index contributed by atoms with van der Waals surface area (Å²) >= 11 is 0. The van der Waals surface area contributed by atoms with Crippen LogP contribution >= 0.6 is 0 Å². The van der Waals surface area contributed by atoms with Crippen molar-refractivity contribution in [2.75, 3.05) is 26.2 Å². The lowest BCUT2D eigenvalue weighted by Crippen LogP contribution is -2.49. The molecule has 0 aromatic rings. The van der Waals surface area contributed by atoms with Crippen molar-refractivity contribution in [2.24, 2.45) is 5.73 Å². The Balaban J connectivity index is 2.30. The number of ether oxygens (including phenoxy) is 1. The normalized spacial score (nSPS) is 28.8. The first-order valence-electron chi connectivity index (χ1n) is 4.83. The van der Waals surface area contributed by atoms with Crippen molar-refractivity contribution in [3.8, 4) is 0 Å². The molecule has 1 unspecified atom stereocenters. The molecule has 0 saturated carbocycles. The molecule has 0 amide bonds. The minimum Gasteiger partial charge on any atom is -0.374 e. The average molecular weight is 172 g/mol. The second kappa shape index (κ2) is 4.80. The molecule has 1 aliphatic heterocycles. The molecule has 1 fully saturated rings. The minimum absolute atomic E-state index is 0.157. The fourth-order valence-corrected chi connectivity index (χ4v) is 1.57. The van der Waals surface area contributed by atoms with E-state index >= 15 is 0 Å². The van der Waals surface area contributed by atoms with E-state index in [0.717, 1.165) is 19.7 Å². The van der Waals surface area contributed by atoms with Gasteiger partial charge in [-0.3, -0.25) is 4.90 Å². The summed E-state index contributed by atoms with van der Waals surface area (Å²) in [5, 5.41) is 0. The summed E-state index contributed by atoms with van der Waals surface area (Å²) in [6.45, 7) is 8.30. The van der Waals surface area contributed by atoms with Crippen LogP contribution in [0.25, 0.3) is 0 Å². The van der Waals surface area contributed by atoms with Crippen LogP contribution < -0.4 is 5.73 Å². The van der Waals surface area contributed by atoms with Gasteiger partial charge in [0.25, 0.3) is 0 Å². The van der Waals surface area contributed by atoms with Gasteiger partial charge >= 0.3 is 0 Å². The van der Waals surface area contributed by atoms with Crippen LogP contribution in [0.1, 0.15) is 20.3 Å². The molecule has 12 heavy (non-hydrogen) atoms. The molecule has 0 aromatic heterocycles. The summed E-state index contributed by atoms with van der Waals surface area (Å²) in [4.78, 5) is 2.43. The second-order valence-electron chi connectivity index (χ2n) is 3.57. The lowest BCUT2D eigenvalue weighted by Gasteiger charge is -2.34. The fourth-order valence-electron chi connectivity index (χ4n) is 1.57. The molecule has 0 radical (unpaired) electrons. The first-order chi connectivity index (χ1) is 5.74. The van der Waals surface area contributed by atoms with Crippen LogP contribution in [0.4, 0.5) is 0 Å². The van der Waals surface area contributed by atoms with Gasteiger partial charge in [-0.25, -0.2) is 0 Å². The van der Waals surface area contributed by atoms with Crippen molar-refractivity contribution in [1.29, 1.82) is 0 Å². The highest BCUT2D eigenvalue weighted by Gasteiger charge is 2.22. The Labute approximate surface area is 74.9 Å². The van der Waals surface area contributed by atoms with Gasteiger partial charge < -0.3 is 10.5 Å². The van der Waals surface area contributed by atoms with Crippen molar-refractivity contribution in [2.45, 2.75) is 32.4 Å². The van der Waals surface area contributed by atoms with Gasteiger partial charge in [0.1, 0.15) is 0 Å². The molecule has 2 N–H and O–H groups in total. The predicted molar refractivity (Wildman–Crippen MR) is 50.1 cm³/mol. The first-order valence-corrected chi connectivity index (χ1v) is 4.83. The summed E-state index contributed by atoms with van der Waals surface area (Å²) in [6.07, 6.45) is 1.45. The number of nitrogens with two attached hydrogens (primary N) is 1. The Morgan fingerprint density at radius 2 is 2.42 bits per heavy atom. The highest BCUT2D eigenvalue weighted by atomic mass is 16.5. The average Bonchev–Trinajstić information content (AvgIpc) is 2.05. The maximum Gasteiger partial charge on any atom is 0.0850 e. The molecule has 3 nitrogen and oxygen atoms in total. The Morgan fingerprint density at radius 1 is 1.67 bits per heavy atom. The summed E-state index contributed by atoms with van der Waals surface area (Å²) in [6, 6.07) is 0.157. The lowest BCUT2D eigenvalue weighted by atomic mass is 10.1. The number of hydrogen-bond donors (Lipinski definition) is 1. The van der Waals surface area contributed by atoms with Crippen LogP contribution in [-0.4, -0.2) is 43.3 Å². The van der Waals surface area contributed by atoms with E-state index in [0.29, 0.717) is 0 Å². The van der Waals surface area contributed by atoms with Crippen LogP contribution in [0, 0.1) is 0 Å². The van der Waals surface area contributed by atoms with Crippen LogP contribution in [0.3, 0.4) is 0 Å². The van der Waals surface area contributed by atoms with Crippen molar-refractivity contribution in [3.05, 3.63) is 0 Å². The van der Waals surface area contributed by atoms with Gasteiger partial charge in [-0.2, -0.15) is 0 Å². The highest BCUT2D eigenvalue weighted by Crippen LogP contribution is 2.07. The van der Waals surface area contributed by atoms with Crippen molar-refractivity contribution in [3.63, 3.8) is 0 Å². The predicted octanol–water partition coefficient (Wildman–Crippen LogP) is 0.444. The minimum atomic E-state index is 0.157. The van der Waals surface area contributed by atoms with E-state index < -0.39 is 0 Å². The van der Waals surface area contributed by atoms with E-state index in [-0.39, 0.29) is 12.1 Å². The van der Waals surface area contributed by atoms with Crippen LogP contribution in [0.2, 0.25) is 0 Å². The molecular weight excluding hydrogens is 152 g/mol. The quantitative estimate of drug-likeness (QED) is 0.671. The molecule has 1 aliphatic rings. The maximum absolute atomic E-state index is 5.77. The maximum atomic E-state index is 5.77. The van der Waals surface area contributed by atoms with Crippen molar-refractivity contribution in [1.82, 2.24) is 4.90 Å². The van der Waals surface area contributed by atoms with Crippen molar-refractivity contribution >= 4 is 0 Å². The van der Waals surface area contributed by atoms with Crippen molar-refractivity contribution < 1.29 is 4.74 Å². The fraction of sp³-hybridized carbons (Fsp3) is 1.00. The number of nitrogens with zero attached hydrogens (tertiary/aromatic N) is 1. The molecule has 0 aliphatic carbocycles. The lowest BCUT2D eigenvalue weighted by molar-refractivity contribution is -0.0374. The van der Waals surface area contributed by atoms with E-state index in [4.69, 9.17) is 10.5 Å². The molecule has 0 spiro atoms. The molecule has 1 heterocycles.